The number of nitrogens with one attached hydrogen (secondary N) is 1. The van der Waals surface area contributed by atoms with Crippen LogP contribution >= 0.6 is 0 Å². The molecule has 0 spiro atoms. The smallest absolute Gasteiger partial charge is 0.249 e. The van der Waals surface area contributed by atoms with Gasteiger partial charge in [0.25, 0.3) is 0 Å². The number of carbonyl (C=O) groups excluding carboxylic acids is 2. The Morgan fingerprint density at radius 2 is 2.00 bits per heavy atom. The number of carbonyl (C=O) groups is 2. The number of hydrogen-bond donors (Lipinski definition) is 2. The summed E-state index contributed by atoms with van der Waals surface area (Å²) in [5, 5.41) is 16.4. The molecular formula is C23H25FN6O3. The number of nitriles is 1. The fourth-order valence-corrected chi connectivity index (χ4v) is 3.68. The Morgan fingerprint density at radius 3 is 2.61 bits per heavy atom. The fourth-order valence-electron chi connectivity index (χ4n) is 3.68. The normalized spacial score (nSPS) is 13.5. The van der Waals surface area contributed by atoms with Crippen molar-refractivity contribution in [3.63, 3.8) is 0 Å². The average Bonchev–Trinajstić information content (AvgIpc) is 2.83. The Hall–Kier alpha value is -3.84. The number of nitrogens with zero attached hydrogens (tertiary/aromatic N) is 4. The van der Waals surface area contributed by atoms with E-state index in [1.807, 2.05) is 6.07 Å². The number of primary amides is 1. The van der Waals surface area contributed by atoms with Gasteiger partial charge in [0.05, 0.1) is 30.8 Å². The monoisotopic (exact) mass is 452 g/mol. The summed E-state index contributed by atoms with van der Waals surface area (Å²) >= 11 is 0. The molecule has 10 heteroatoms. The number of halogens is 1. The number of anilines is 1. The largest absolute Gasteiger partial charge is 0.381 e. The highest BCUT2D eigenvalue weighted by Gasteiger charge is 2.21. The van der Waals surface area contributed by atoms with Crippen LogP contribution in [-0.4, -0.2) is 67.3 Å². The topological polar surface area (TPSA) is 136 Å². The molecule has 0 atom stereocenters. The van der Waals surface area contributed by atoms with Crippen LogP contribution in [0.25, 0.3) is 0 Å². The van der Waals surface area contributed by atoms with Crippen LogP contribution in [-0.2, 0) is 16.0 Å². The van der Waals surface area contributed by atoms with Crippen molar-refractivity contribution >= 4 is 23.8 Å². The molecule has 1 fully saturated rings. The Morgan fingerprint density at radius 1 is 1.24 bits per heavy atom. The number of hydrogen-bond acceptors (Lipinski definition) is 7. The first-order valence-electron chi connectivity index (χ1n) is 10.5. The lowest BCUT2D eigenvalue weighted by Crippen LogP contribution is -2.49. The Labute approximate surface area is 191 Å². The molecule has 1 aliphatic heterocycles. The van der Waals surface area contributed by atoms with Crippen LogP contribution in [0.1, 0.15) is 33.5 Å². The highest BCUT2D eigenvalue weighted by Crippen LogP contribution is 2.17. The van der Waals surface area contributed by atoms with Gasteiger partial charge in [0.15, 0.2) is 0 Å². The van der Waals surface area contributed by atoms with E-state index in [2.05, 4.69) is 9.88 Å². The van der Waals surface area contributed by atoms with Crippen molar-refractivity contribution in [1.29, 1.82) is 10.7 Å². The fraction of sp³-hybridized carbons (Fsp3) is 0.348. The minimum atomic E-state index is -0.796. The second-order valence-corrected chi connectivity index (χ2v) is 7.53. The third kappa shape index (κ3) is 6.11. The van der Waals surface area contributed by atoms with Gasteiger partial charge in [0.1, 0.15) is 17.7 Å². The lowest BCUT2D eigenvalue weighted by molar-refractivity contribution is -0.132. The maximum absolute atomic E-state index is 13.8. The molecule has 3 rings (SSSR count). The zero-order chi connectivity index (χ0) is 23.8. The number of aromatic nitrogens is 1. The highest BCUT2D eigenvalue weighted by atomic mass is 19.1. The maximum atomic E-state index is 13.8. The Kier molecular flexibility index (Phi) is 8.05. The number of nitrogens with two attached hydrogens (primary N) is 1. The van der Waals surface area contributed by atoms with Crippen LogP contribution in [0, 0.1) is 22.6 Å². The predicted molar refractivity (Wildman–Crippen MR) is 120 cm³/mol. The second-order valence-electron chi connectivity index (χ2n) is 7.53. The van der Waals surface area contributed by atoms with Gasteiger partial charge in [-0.25, -0.2) is 9.37 Å². The van der Waals surface area contributed by atoms with Crippen molar-refractivity contribution in [1.82, 2.24) is 9.88 Å². The number of amides is 2. The van der Waals surface area contributed by atoms with Crippen LogP contribution < -0.4 is 10.6 Å². The van der Waals surface area contributed by atoms with Crippen molar-refractivity contribution in [2.75, 3.05) is 44.3 Å². The minimum absolute atomic E-state index is 0.00983. The molecule has 172 valence electrons. The Balaban J connectivity index is 1.41. The molecule has 3 N–H and O–H groups in total. The van der Waals surface area contributed by atoms with Gasteiger partial charge in [-0.05, 0) is 36.2 Å². The van der Waals surface area contributed by atoms with Crippen LogP contribution in [0.5, 0.6) is 0 Å². The summed E-state index contributed by atoms with van der Waals surface area (Å²) in [6.07, 6.45) is 3.02. The van der Waals surface area contributed by atoms with Gasteiger partial charge in [-0.1, -0.05) is 0 Å². The van der Waals surface area contributed by atoms with E-state index in [1.54, 1.807) is 17.0 Å². The number of pyridine rings is 1. The first kappa shape index (κ1) is 23.8. The van der Waals surface area contributed by atoms with E-state index in [-0.39, 0.29) is 43.1 Å². The average molecular weight is 452 g/mol. The van der Waals surface area contributed by atoms with Crippen LogP contribution in [0.2, 0.25) is 0 Å². The molecule has 0 saturated carbocycles. The van der Waals surface area contributed by atoms with E-state index in [9.17, 15) is 14.0 Å². The molecule has 2 heterocycles. The summed E-state index contributed by atoms with van der Waals surface area (Å²) in [6.45, 7) is 2.88. The summed E-state index contributed by atoms with van der Waals surface area (Å²) < 4.78 is 19.3. The standard InChI is InChI=1S/C23H25FN6O3/c24-18-11-17(20(14-26)19(12-18)23(27)32)3-9-33-10-4-22(31)30-7-5-29(6-8-30)21-2-1-16(13-25)15-28-21/h1-2,11-12,14-15,26H,3-10H2,(H2,27,32). The van der Waals surface area contributed by atoms with E-state index >= 15 is 0 Å². The van der Waals surface area contributed by atoms with Crippen LogP contribution in [0.3, 0.4) is 0 Å². The summed E-state index contributed by atoms with van der Waals surface area (Å²) in [4.78, 5) is 32.1. The van der Waals surface area contributed by atoms with Gasteiger partial charge in [-0.2, -0.15) is 5.26 Å². The summed E-state index contributed by atoms with van der Waals surface area (Å²) in [7, 11) is 0. The molecule has 1 aromatic heterocycles. The molecule has 0 bridgehead atoms. The van der Waals surface area contributed by atoms with Crippen molar-refractivity contribution < 1.29 is 18.7 Å². The molecule has 1 aromatic carbocycles. The molecule has 1 aliphatic rings. The first-order valence-corrected chi connectivity index (χ1v) is 10.5. The lowest BCUT2D eigenvalue weighted by Gasteiger charge is -2.35. The predicted octanol–water partition coefficient (Wildman–Crippen LogP) is 1.49. The highest BCUT2D eigenvalue weighted by molar-refractivity contribution is 6.01. The molecule has 0 unspecified atom stereocenters. The van der Waals surface area contributed by atoms with Crippen LogP contribution in [0.15, 0.2) is 30.5 Å². The number of piperazine rings is 1. The number of ether oxygens (including phenoxy) is 1. The molecule has 9 nitrogen and oxygen atoms in total. The number of rotatable bonds is 9. The molecule has 33 heavy (non-hydrogen) atoms. The van der Waals surface area contributed by atoms with Gasteiger partial charge in [0.2, 0.25) is 11.8 Å². The zero-order valence-corrected chi connectivity index (χ0v) is 18.1. The van der Waals surface area contributed by atoms with Crippen LogP contribution in [0.4, 0.5) is 10.2 Å². The SMILES string of the molecule is N#Cc1ccc(N2CCN(C(=O)CCOCCc3cc(F)cc(C(N)=O)c3C=N)CC2)nc1. The minimum Gasteiger partial charge on any atom is -0.381 e. The number of benzene rings is 1. The molecule has 0 radical (unpaired) electrons. The molecule has 2 amide bonds. The molecular weight excluding hydrogens is 427 g/mol. The van der Waals surface area contributed by atoms with Gasteiger partial charge in [-0.3, -0.25) is 9.59 Å². The summed E-state index contributed by atoms with van der Waals surface area (Å²) in [5.74, 6) is -0.624. The molecule has 1 saturated heterocycles. The summed E-state index contributed by atoms with van der Waals surface area (Å²) in [5.41, 5.74) is 6.46. The van der Waals surface area contributed by atoms with Gasteiger partial charge < -0.3 is 25.7 Å². The van der Waals surface area contributed by atoms with E-state index in [1.165, 1.54) is 12.3 Å². The first-order chi connectivity index (χ1) is 15.9. The quantitative estimate of drug-likeness (QED) is 0.437. The van der Waals surface area contributed by atoms with Gasteiger partial charge >= 0.3 is 0 Å². The van der Waals surface area contributed by atoms with Crippen molar-refractivity contribution in [3.05, 3.63) is 58.5 Å². The Bertz CT molecular complexity index is 1060. The third-order valence-corrected chi connectivity index (χ3v) is 5.45. The van der Waals surface area contributed by atoms with Crippen molar-refractivity contribution in [2.45, 2.75) is 12.8 Å². The van der Waals surface area contributed by atoms with Crippen molar-refractivity contribution in [3.8, 4) is 6.07 Å². The third-order valence-electron chi connectivity index (χ3n) is 5.45. The van der Waals surface area contributed by atoms with E-state index < -0.39 is 11.7 Å². The van der Waals surface area contributed by atoms with Crippen molar-refractivity contribution in [2.24, 2.45) is 5.73 Å². The molecule has 2 aromatic rings. The molecule has 0 aliphatic carbocycles. The van der Waals surface area contributed by atoms with Gasteiger partial charge in [0, 0.05) is 44.2 Å². The maximum Gasteiger partial charge on any atom is 0.249 e. The van der Waals surface area contributed by atoms with E-state index in [0.29, 0.717) is 37.3 Å². The lowest BCUT2D eigenvalue weighted by atomic mass is 9.99. The van der Waals surface area contributed by atoms with E-state index in [4.69, 9.17) is 21.1 Å². The van der Waals surface area contributed by atoms with E-state index in [0.717, 1.165) is 18.1 Å². The van der Waals surface area contributed by atoms with Gasteiger partial charge in [-0.15, -0.1) is 0 Å². The summed E-state index contributed by atoms with van der Waals surface area (Å²) in [6, 6.07) is 7.84. The zero-order valence-electron chi connectivity index (χ0n) is 18.1. The second kappa shape index (κ2) is 11.2.